The second-order valence-corrected chi connectivity index (χ2v) is 10.8. The van der Waals surface area contributed by atoms with Gasteiger partial charge in [-0.25, -0.2) is 18.0 Å². The van der Waals surface area contributed by atoms with Gasteiger partial charge in [0.15, 0.2) is 21.3 Å². The first-order chi connectivity index (χ1) is 15.8. The lowest BCUT2D eigenvalue weighted by Gasteiger charge is -2.48. The number of nitrogens with zero attached hydrogens (tertiary/aromatic N) is 1. The van der Waals surface area contributed by atoms with Gasteiger partial charge >= 0.3 is 17.9 Å². The van der Waals surface area contributed by atoms with E-state index in [-0.39, 0.29) is 22.6 Å². The molecule has 0 unspecified atom stereocenters. The number of hydrogen-bond donors (Lipinski definition) is 0. The van der Waals surface area contributed by atoms with E-state index < -0.39 is 63.1 Å². The van der Waals surface area contributed by atoms with Crippen molar-refractivity contribution < 1.29 is 46.5 Å². The predicted molar refractivity (Wildman–Crippen MR) is 116 cm³/mol. The summed E-state index contributed by atoms with van der Waals surface area (Å²) in [6, 6.07) is 5.82. The Kier molecular flexibility index (Phi) is 6.85. The molecule has 11 nitrogen and oxygen atoms in total. The first-order valence-electron chi connectivity index (χ1n) is 10.2. The zero-order valence-electron chi connectivity index (χ0n) is 19.3. The Balaban J connectivity index is 1.95. The number of rotatable bonds is 6. The van der Waals surface area contributed by atoms with Crippen molar-refractivity contribution in [1.29, 1.82) is 0 Å². The number of β-lactam (4-membered cyclic amide) rings is 1. The first-order valence-corrected chi connectivity index (χ1v) is 12.0. The smallest absolute Gasteiger partial charge is 0.355 e. The van der Waals surface area contributed by atoms with Crippen LogP contribution < -0.4 is 4.74 Å². The molecule has 0 aromatic heterocycles. The summed E-state index contributed by atoms with van der Waals surface area (Å²) in [6.07, 6.45) is -1.25. The zero-order valence-corrected chi connectivity index (χ0v) is 20.1. The Labute approximate surface area is 196 Å². The molecule has 12 heteroatoms. The lowest BCUT2D eigenvalue weighted by molar-refractivity contribution is -0.167. The van der Waals surface area contributed by atoms with E-state index in [0.29, 0.717) is 0 Å². The number of hydrogen-bond acceptors (Lipinski definition) is 10. The maximum Gasteiger partial charge on any atom is 0.355 e. The monoisotopic (exact) mass is 495 g/mol. The Morgan fingerprint density at radius 1 is 1.12 bits per heavy atom. The summed E-state index contributed by atoms with van der Waals surface area (Å²) in [5, 5.41) is -1.38. The van der Waals surface area contributed by atoms with Gasteiger partial charge in [0.05, 0.1) is 5.75 Å². The molecule has 0 radical (unpaired) electrons. The molecule has 1 aromatic carbocycles. The Hall–Kier alpha value is -3.25. The summed E-state index contributed by atoms with van der Waals surface area (Å²) in [7, 11) is -2.76. The molecular formula is C22H25NO10S. The van der Waals surface area contributed by atoms with E-state index in [1.54, 1.807) is 26.8 Å². The molecule has 2 aliphatic heterocycles. The van der Waals surface area contributed by atoms with Gasteiger partial charge in [-0.05, 0) is 32.9 Å². The van der Waals surface area contributed by atoms with Crippen LogP contribution in [0.25, 0.3) is 0 Å². The minimum atomic E-state index is -3.96. The quantitative estimate of drug-likeness (QED) is 0.318. The molecule has 0 bridgehead atoms. The van der Waals surface area contributed by atoms with Crippen LogP contribution in [0, 0.1) is 0 Å². The normalized spacial score (nSPS) is 21.3. The van der Waals surface area contributed by atoms with Crippen molar-refractivity contribution in [2.75, 3.05) is 19.5 Å². The van der Waals surface area contributed by atoms with Crippen molar-refractivity contribution in [3.63, 3.8) is 0 Å². The molecule has 0 spiro atoms. The molecule has 34 heavy (non-hydrogen) atoms. The van der Waals surface area contributed by atoms with Crippen LogP contribution in [0.15, 0.2) is 35.5 Å². The third-order valence-corrected chi connectivity index (χ3v) is 6.84. The van der Waals surface area contributed by atoms with Crippen LogP contribution in [0.2, 0.25) is 0 Å². The number of carbonyl (C=O) groups excluding carboxylic acids is 4. The maximum atomic E-state index is 12.9. The van der Waals surface area contributed by atoms with Gasteiger partial charge in [-0.15, -0.1) is 0 Å². The number of sulfone groups is 1. The van der Waals surface area contributed by atoms with E-state index in [1.165, 1.54) is 32.2 Å². The maximum absolute atomic E-state index is 12.9. The number of carbonyl (C=O) groups is 4. The molecule has 1 amide bonds. The molecule has 0 aliphatic carbocycles. The highest BCUT2D eigenvalue weighted by atomic mass is 32.2. The van der Waals surface area contributed by atoms with Gasteiger partial charge in [-0.2, -0.15) is 0 Å². The van der Waals surface area contributed by atoms with E-state index in [4.69, 9.17) is 18.9 Å². The number of ether oxygens (including phenoxy) is 4. The fourth-order valence-electron chi connectivity index (χ4n) is 3.60. The zero-order chi connectivity index (χ0) is 25.4. The summed E-state index contributed by atoms with van der Waals surface area (Å²) in [6.45, 7) is 5.40. The number of para-hydroxylation sites is 1. The highest BCUT2D eigenvalue weighted by Crippen LogP contribution is 2.39. The lowest BCUT2D eigenvalue weighted by Crippen LogP contribution is -2.70. The Bertz CT molecular complexity index is 1180. The predicted octanol–water partition coefficient (Wildman–Crippen LogP) is 0.976. The minimum Gasteiger partial charge on any atom is -0.457 e. The Morgan fingerprint density at radius 2 is 1.76 bits per heavy atom. The van der Waals surface area contributed by atoms with Gasteiger partial charge in [0, 0.05) is 19.6 Å². The summed E-state index contributed by atoms with van der Waals surface area (Å²) >= 11 is 0. The number of esters is 3. The van der Waals surface area contributed by atoms with Crippen LogP contribution in [-0.4, -0.2) is 73.7 Å². The van der Waals surface area contributed by atoms with Crippen LogP contribution in [0.3, 0.4) is 0 Å². The number of benzene rings is 1. The van der Waals surface area contributed by atoms with Crippen molar-refractivity contribution >= 4 is 33.7 Å². The van der Waals surface area contributed by atoms with Crippen molar-refractivity contribution in [3.8, 4) is 5.75 Å². The number of methoxy groups -OCH3 is 1. The third kappa shape index (κ3) is 4.97. The van der Waals surface area contributed by atoms with E-state index >= 15 is 0 Å². The lowest BCUT2D eigenvalue weighted by atomic mass is 10.0. The van der Waals surface area contributed by atoms with E-state index in [0.717, 1.165) is 4.90 Å². The molecule has 0 saturated carbocycles. The number of amides is 1. The average Bonchev–Trinajstić information content (AvgIpc) is 2.70. The standard InChI is InChI=1S/C22H25NO10S/c1-12(24)32-15-9-7-6-8-14(15)20(26)31-10-13-11-34(28,29)19-17(30-5)18(25)23(19)16(13)21(27)33-22(2,3)4/h6-9,17,19H,10-11H2,1-5H3/t17-,19+/m0/s1. The van der Waals surface area contributed by atoms with Gasteiger partial charge < -0.3 is 18.9 Å². The van der Waals surface area contributed by atoms with E-state index in [2.05, 4.69) is 0 Å². The molecule has 2 atom stereocenters. The van der Waals surface area contributed by atoms with Crippen LogP contribution in [0.5, 0.6) is 5.75 Å². The van der Waals surface area contributed by atoms with Gasteiger partial charge in [-0.3, -0.25) is 14.5 Å². The Morgan fingerprint density at radius 3 is 2.35 bits per heavy atom. The molecule has 1 fully saturated rings. The SMILES string of the molecule is CO[C@H]1C(=O)N2C(C(=O)OC(C)(C)C)=C(COC(=O)c3ccccc3OC(C)=O)CS(=O)(=O)[C@H]12. The second-order valence-electron chi connectivity index (χ2n) is 8.68. The summed E-state index contributed by atoms with van der Waals surface area (Å²) < 4.78 is 46.3. The van der Waals surface area contributed by atoms with Crippen molar-refractivity contribution in [2.45, 2.75) is 44.8 Å². The van der Waals surface area contributed by atoms with Crippen LogP contribution in [0.4, 0.5) is 0 Å². The molecule has 2 heterocycles. The highest BCUT2D eigenvalue weighted by Gasteiger charge is 2.61. The molecule has 0 N–H and O–H groups in total. The van der Waals surface area contributed by atoms with Crippen molar-refractivity contribution in [1.82, 2.24) is 4.90 Å². The fraction of sp³-hybridized carbons (Fsp3) is 0.455. The van der Waals surface area contributed by atoms with Crippen LogP contribution in [0.1, 0.15) is 38.1 Å². The topological polar surface area (TPSA) is 143 Å². The van der Waals surface area contributed by atoms with E-state index in [1.807, 2.05) is 0 Å². The molecule has 1 aromatic rings. The molecule has 3 rings (SSSR count). The fourth-order valence-corrected chi connectivity index (χ4v) is 5.61. The van der Waals surface area contributed by atoms with Gasteiger partial charge in [0.25, 0.3) is 5.91 Å². The first kappa shape index (κ1) is 25.4. The van der Waals surface area contributed by atoms with Crippen LogP contribution in [-0.2, 0) is 38.4 Å². The summed E-state index contributed by atoms with van der Waals surface area (Å²) in [5.41, 5.74) is -1.43. The molecular weight excluding hydrogens is 470 g/mol. The molecule has 184 valence electrons. The third-order valence-electron chi connectivity index (χ3n) is 4.90. The van der Waals surface area contributed by atoms with Gasteiger partial charge in [0.2, 0.25) is 0 Å². The minimum absolute atomic E-state index is 0.0430. The van der Waals surface area contributed by atoms with Crippen molar-refractivity contribution in [2.24, 2.45) is 0 Å². The molecule has 1 saturated heterocycles. The van der Waals surface area contributed by atoms with Crippen LogP contribution >= 0.6 is 0 Å². The van der Waals surface area contributed by atoms with Crippen molar-refractivity contribution in [3.05, 3.63) is 41.1 Å². The average molecular weight is 496 g/mol. The second kappa shape index (κ2) is 9.18. The van der Waals surface area contributed by atoms with Gasteiger partial charge in [-0.1, -0.05) is 12.1 Å². The van der Waals surface area contributed by atoms with Gasteiger partial charge in [0.1, 0.15) is 29.2 Å². The highest BCUT2D eigenvalue weighted by molar-refractivity contribution is 7.92. The van der Waals surface area contributed by atoms with E-state index in [9.17, 15) is 27.6 Å². The summed E-state index contributed by atoms with van der Waals surface area (Å²) in [5.74, 6) is -3.91. The summed E-state index contributed by atoms with van der Waals surface area (Å²) in [4.78, 5) is 50.3. The molecule has 2 aliphatic rings. The number of fused-ring (bicyclic) bond motifs is 1. The largest absolute Gasteiger partial charge is 0.457 e.